The molecule has 0 aliphatic carbocycles. The highest BCUT2D eigenvalue weighted by atomic mass is 16.5. The van der Waals surface area contributed by atoms with Crippen molar-refractivity contribution in [2.75, 3.05) is 39.5 Å². The van der Waals surface area contributed by atoms with Gasteiger partial charge >= 0.3 is 0 Å². The first-order valence-corrected chi connectivity index (χ1v) is 7.68. The van der Waals surface area contributed by atoms with E-state index in [2.05, 4.69) is 19.2 Å². The zero-order chi connectivity index (χ0) is 15.4. The Morgan fingerprint density at radius 3 is 2.30 bits per heavy atom. The van der Waals surface area contributed by atoms with Gasteiger partial charge in [-0.25, -0.2) is 0 Å². The van der Waals surface area contributed by atoms with Crippen molar-refractivity contribution in [3.05, 3.63) is 0 Å². The van der Waals surface area contributed by atoms with Gasteiger partial charge in [0.2, 0.25) is 0 Å². The van der Waals surface area contributed by atoms with E-state index in [-0.39, 0.29) is 18.1 Å². The lowest BCUT2D eigenvalue weighted by atomic mass is 9.83. The third kappa shape index (κ3) is 8.87. The summed E-state index contributed by atoms with van der Waals surface area (Å²) in [6.07, 6.45) is 1.53. The molecule has 0 aromatic rings. The minimum Gasteiger partial charge on any atom is -0.396 e. The van der Waals surface area contributed by atoms with Crippen molar-refractivity contribution in [2.24, 2.45) is 5.41 Å². The fraction of sp³-hybridized carbons (Fsp3) is 1.00. The first-order chi connectivity index (χ1) is 9.49. The number of hydrogen-bond donors (Lipinski definition) is 3. The molecule has 0 aliphatic rings. The van der Waals surface area contributed by atoms with Crippen LogP contribution in [-0.2, 0) is 9.47 Å². The number of aliphatic hydroxyl groups is 2. The molecule has 0 aromatic heterocycles. The number of hydrogen-bond acceptors (Lipinski definition) is 5. The monoisotopic (exact) mass is 291 g/mol. The van der Waals surface area contributed by atoms with Gasteiger partial charge in [-0.05, 0) is 26.7 Å². The average molecular weight is 291 g/mol. The van der Waals surface area contributed by atoms with Crippen molar-refractivity contribution in [1.29, 1.82) is 0 Å². The smallest absolute Gasteiger partial charge is 0.0897 e. The van der Waals surface area contributed by atoms with Crippen molar-refractivity contribution < 1.29 is 19.7 Å². The second kappa shape index (κ2) is 11.5. The maximum atomic E-state index is 9.78. The molecule has 0 rings (SSSR count). The van der Waals surface area contributed by atoms with Crippen LogP contribution in [0.25, 0.3) is 0 Å². The molecule has 0 aliphatic heterocycles. The van der Waals surface area contributed by atoms with Gasteiger partial charge in [-0.1, -0.05) is 13.8 Å². The molecule has 0 spiro atoms. The van der Waals surface area contributed by atoms with E-state index >= 15 is 0 Å². The van der Waals surface area contributed by atoms with E-state index in [1.165, 1.54) is 0 Å². The van der Waals surface area contributed by atoms with Crippen LogP contribution in [-0.4, -0.2) is 61.9 Å². The van der Waals surface area contributed by atoms with Gasteiger partial charge in [-0.3, -0.25) is 0 Å². The Morgan fingerprint density at radius 2 is 1.80 bits per heavy atom. The summed E-state index contributed by atoms with van der Waals surface area (Å²) < 4.78 is 10.7. The number of aliphatic hydroxyl groups excluding tert-OH is 2. The van der Waals surface area contributed by atoms with E-state index in [0.29, 0.717) is 32.9 Å². The highest BCUT2D eigenvalue weighted by Gasteiger charge is 2.24. The zero-order valence-electron chi connectivity index (χ0n) is 13.5. The predicted molar refractivity (Wildman–Crippen MR) is 80.9 cm³/mol. The van der Waals surface area contributed by atoms with Crippen LogP contribution < -0.4 is 5.32 Å². The molecule has 1 atom stereocenters. The Hall–Kier alpha value is -0.200. The Balaban J connectivity index is 3.64. The highest BCUT2D eigenvalue weighted by molar-refractivity contribution is 4.78. The molecule has 3 N–H and O–H groups in total. The summed E-state index contributed by atoms with van der Waals surface area (Å²) in [5.74, 6) is 0. The molecule has 0 amide bonds. The van der Waals surface area contributed by atoms with Gasteiger partial charge in [0.05, 0.1) is 32.0 Å². The van der Waals surface area contributed by atoms with Gasteiger partial charge in [0.25, 0.3) is 0 Å². The van der Waals surface area contributed by atoms with Crippen molar-refractivity contribution in [3.63, 3.8) is 0 Å². The molecular weight excluding hydrogens is 258 g/mol. The predicted octanol–water partition coefficient (Wildman–Crippen LogP) is 1.18. The SMILES string of the molecule is CCC(CC)(CO)CNCC(O)COCCOC(C)C. The third-order valence-corrected chi connectivity index (χ3v) is 3.70. The Bertz CT molecular complexity index is 212. The number of nitrogens with one attached hydrogen (secondary N) is 1. The summed E-state index contributed by atoms with van der Waals surface area (Å²) in [5, 5.41) is 22.4. The standard InChI is InChI=1S/C15H33NO4/c1-5-15(6-2,12-17)11-16-9-14(18)10-19-7-8-20-13(3)4/h13-14,16-18H,5-12H2,1-4H3. The molecule has 5 heteroatoms. The van der Waals surface area contributed by atoms with E-state index < -0.39 is 6.10 Å². The summed E-state index contributed by atoms with van der Waals surface area (Å²) in [7, 11) is 0. The maximum Gasteiger partial charge on any atom is 0.0897 e. The normalized spacial score (nSPS) is 13.9. The van der Waals surface area contributed by atoms with Crippen molar-refractivity contribution in [1.82, 2.24) is 5.32 Å². The van der Waals surface area contributed by atoms with Gasteiger partial charge in [-0.15, -0.1) is 0 Å². The van der Waals surface area contributed by atoms with E-state index in [4.69, 9.17) is 9.47 Å². The second-order valence-electron chi connectivity index (χ2n) is 5.64. The second-order valence-corrected chi connectivity index (χ2v) is 5.64. The molecule has 0 heterocycles. The molecule has 1 unspecified atom stereocenters. The Morgan fingerprint density at radius 1 is 1.15 bits per heavy atom. The van der Waals surface area contributed by atoms with Crippen molar-refractivity contribution >= 4 is 0 Å². The molecule has 0 saturated heterocycles. The van der Waals surface area contributed by atoms with Crippen molar-refractivity contribution in [2.45, 2.75) is 52.7 Å². The van der Waals surface area contributed by atoms with E-state index in [0.717, 1.165) is 12.8 Å². The van der Waals surface area contributed by atoms with Gasteiger partial charge < -0.3 is 25.0 Å². The summed E-state index contributed by atoms with van der Waals surface area (Å²) in [6.45, 7) is 10.8. The summed E-state index contributed by atoms with van der Waals surface area (Å²) in [4.78, 5) is 0. The minimum atomic E-state index is -0.529. The summed E-state index contributed by atoms with van der Waals surface area (Å²) in [5.41, 5.74) is -0.0777. The molecular formula is C15H33NO4. The summed E-state index contributed by atoms with van der Waals surface area (Å²) >= 11 is 0. The van der Waals surface area contributed by atoms with Crippen LogP contribution in [0, 0.1) is 5.41 Å². The summed E-state index contributed by atoms with van der Waals surface area (Å²) in [6, 6.07) is 0. The molecule has 0 radical (unpaired) electrons. The lowest BCUT2D eigenvalue weighted by molar-refractivity contribution is -0.0109. The molecule has 5 nitrogen and oxygen atoms in total. The van der Waals surface area contributed by atoms with Gasteiger partial charge in [0, 0.05) is 25.1 Å². The molecule has 0 bridgehead atoms. The first kappa shape index (κ1) is 19.8. The molecule has 122 valence electrons. The van der Waals surface area contributed by atoms with E-state index in [9.17, 15) is 10.2 Å². The Kier molecular flexibility index (Phi) is 11.3. The van der Waals surface area contributed by atoms with Crippen LogP contribution in [0.15, 0.2) is 0 Å². The average Bonchev–Trinajstić information content (AvgIpc) is 2.43. The quantitative estimate of drug-likeness (QED) is 0.445. The molecule has 0 aromatic carbocycles. The van der Waals surface area contributed by atoms with Gasteiger partial charge in [0.1, 0.15) is 0 Å². The van der Waals surface area contributed by atoms with Crippen LogP contribution in [0.5, 0.6) is 0 Å². The lowest BCUT2D eigenvalue weighted by Gasteiger charge is -2.30. The fourth-order valence-electron chi connectivity index (χ4n) is 1.90. The van der Waals surface area contributed by atoms with Gasteiger partial charge in [0.15, 0.2) is 0 Å². The van der Waals surface area contributed by atoms with Crippen LogP contribution in [0.1, 0.15) is 40.5 Å². The Labute approximate surface area is 123 Å². The van der Waals surface area contributed by atoms with Crippen LogP contribution in [0.3, 0.4) is 0 Å². The molecule has 0 fully saturated rings. The van der Waals surface area contributed by atoms with E-state index in [1.54, 1.807) is 0 Å². The molecule has 0 saturated carbocycles. The largest absolute Gasteiger partial charge is 0.396 e. The third-order valence-electron chi connectivity index (χ3n) is 3.70. The lowest BCUT2D eigenvalue weighted by Crippen LogP contribution is -2.40. The first-order valence-electron chi connectivity index (χ1n) is 7.68. The van der Waals surface area contributed by atoms with Crippen LogP contribution in [0.2, 0.25) is 0 Å². The van der Waals surface area contributed by atoms with Crippen LogP contribution in [0.4, 0.5) is 0 Å². The zero-order valence-corrected chi connectivity index (χ0v) is 13.5. The minimum absolute atomic E-state index is 0.0777. The highest BCUT2D eigenvalue weighted by Crippen LogP contribution is 2.24. The number of ether oxygens (including phenoxy) is 2. The maximum absolute atomic E-state index is 9.78. The number of rotatable bonds is 13. The molecule has 20 heavy (non-hydrogen) atoms. The van der Waals surface area contributed by atoms with E-state index in [1.807, 2.05) is 13.8 Å². The fourth-order valence-corrected chi connectivity index (χ4v) is 1.90. The van der Waals surface area contributed by atoms with Crippen LogP contribution >= 0.6 is 0 Å². The topological polar surface area (TPSA) is 71.0 Å². The van der Waals surface area contributed by atoms with Gasteiger partial charge in [-0.2, -0.15) is 0 Å². The van der Waals surface area contributed by atoms with Crippen molar-refractivity contribution in [3.8, 4) is 0 Å².